The van der Waals surface area contributed by atoms with E-state index in [4.69, 9.17) is 4.42 Å². The lowest BCUT2D eigenvalue weighted by Gasteiger charge is -2.25. The van der Waals surface area contributed by atoms with Gasteiger partial charge < -0.3 is 9.32 Å². The minimum atomic E-state index is -0.931. The maximum atomic E-state index is 13.2. The van der Waals surface area contributed by atoms with Gasteiger partial charge in [0, 0.05) is 7.05 Å². The molecule has 0 aliphatic carbocycles. The highest BCUT2D eigenvalue weighted by Gasteiger charge is 2.22. The molecule has 1 heterocycles. The van der Waals surface area contributed by atoms with Crippen molar-refractivity contribution in [3.63, 3.8) is 0 Å². The van der Waals surface area contributed by atoms with Crippen LogP contribution in [0.5, 0.6) is 0 Å². The van der Waals surface area contributed by atoms with Gasteiger partial charge >= 0.3 is 0 Å². The van der Waals surface area contributed by atoms with Crippen LogP contribution in [0, 0.1) is 11.6 Å². The summed E-state index contributed by atoms with van der Waals surface area (Å²) in [6.45, 7) is 1.73. The normalized spacial score (nSPS) is 12.2. The lowest BCUT2D eigenvalue weighted by atomic mass is 10.1. The Labute approximate surface area is 123 Å². The summed E-state index contributed by atoms with van der Waals surface area (Å²) < 4.78 is 31.5. The third-order valence-corrected chi connectivity index (χ3v) is 3.79. The first-order chi connectivity index (χ1) is 9.41. The average molecular weight is 344 g/mol. The zero-order valence-electron chi connectivity index (χ0n) is 10.9. The Bertz CT molecular complexity index is 642. The maximum Gasteiger partial charge on any atom is 0.258 e. The van der Waals surface area contributed by atoms with Crippen LogP contribution in [-0.2, 0) is 0 Å². The largest absolute Gasteiger partial charge is 0.457 e. The van der Waals surface area contributed by atoms with Crippen molar-refractivity contribution in [1.29, 1.82) is 0 Å². The highest BCUT2D eigenvalue weighted by molar-refractivity contribution is 9.10. The second-order valence-electron chi connectivity index (χ2n) is 4.37. The lowest BCUT2D eigenvalue weighted by molar-refractivity contribution is 0.0740. The first-order valence-electron chi connectivity index (χ1n) is 5.87. The Hall–Kier alpha value is -1.69. The summed E-state index contributed by atoms with van der Waals surface area (Å²) in [7, 11) is 1.59. The molecule has 1 aromatic carbocycles. The van der Waals surface area contributed by atoms with Gasteiger partial charge in [0.1, 0.15) is 0 Å². The maximum absolute atomic E-state index is 13.2. The predicted octanol–water partition coefficient (Wildman–Crippen LogP) is 4.15. The van der Waals surface area contributed by atoms with Gasteiger partial charge in [-0.2, -0.15) is 0 Å². The summed E-state index contributed by atoms with van der Waals surface area (Å²) in [4.78, 5) is 13.7. The van der Waals surface area contributed by atoms with Crippen molar-refractivity contribution in [1.82, 2.24) is 4.90 Å². The molecule has 1 amide bonds. The van der Waals surface area contributed by atoms with Gasteiger partial charge in [-0.1, -0.05) is 6.07 Å². The molecular formula is C14H12BrF2NO2. The number of halogens is 3. The molecular weight excluding hydrogens is 332 g/mol. The predicted molar refractivity (Wildman–Crippen MR) is 73.3 cm³/mol. The van der Waals surface area contributed by atoms with Gasteiger partial charge in [0.25, 0.3) is 5.91 Å². The molecule has 6 heteroatoms. The summed E-state index contributed by atoms with van der Waals surface area (Å²) in [5.74, 6) is -2.12. The van der Waals surface area contributed by atoms with Crippen molar-refractivity contribution >= 4 is 21.8 Å². The number of hydrogen-bond donors (Lipinski definition) is 0. The molecule has 20 heavy (non-hydrogen) atoms. The molecule has 0 aliphatic heterocycles. The number of benzene rings is 1. The van der Waals surface area contributed by atoms with Gasteiger partial charge in [-0.05, 0) is 46.6 Å². The molecule has 0 fully saturated rings. The molecule has 0 aliphatic rings. The first-order valence-corrected chi connectivity index (χ1v) is 6.66. The van der Waals surface area contributed by atoms with Gasteiger partial charge in [0.05, 0.1) is 17.9 Å². The van der Waals surface area contributed by atoms with E-state index in [-0.39, 0.29) is 5.91 Å². The van der Waals surface area contributed by atoms with Gasteiger partial charge in [0.15, 0.2) is 16.3 Å². The van der Waals surface area contributed by atoms with Crippen LogP contribution in [0.15, 0.2) is 39.6 Å². The number of nitrogens with zero attached hydrogens (tertiary/aromatic N) is 1. The number of hydrogen-bond acceptors (Lipinski definition) is 2. The fourth-order valence-corrected chi connectivity index (χ4v) is 2.22. The van der Waals surface area contributed by atoms with E-state index in [1.807, 2.05) is 0 Å². The van der Waals surface area contributed by atoms with Crippen molar-refractivity contribution in [2.45, 2.75) is 13.0 Å². The fourth-order valence-electron chi connectivity index (χ4n) is 1.81. The Balaban J connectivity index is 2.24. The van der Waals surface area contributed by atoms with Crippen LogP contribution in [0.25, 0.3) is 0 Å². The molecule has 0 bridgehead atoms. The van der Waals surface area contributed by atoms with Crippen molar-refractivity contribution in [2.75, 3.05) is 7.05 Å². The Kier molecular flexibility index (Phi) is 4.23. The van der Waals surface area contributed by atoms with E-state index >= 15 is 0 Å². The molecule has 1 atom stereocenters. The molecule has 0 N–H and O–H groups in total. The zero-order valence-corrected chi connectivity index (χ0v) is 12.4. The minimum absolute atomic E-state index is 0.275. The zero-order chi connectivity index (χ0) is 14.9. The van der Waals surface area contributed by atoms with E-state index < -0.39 is 17.7 Å². The molecule has 1 unspecified atom stereocenters. The second kappa shape index (κ2) is 5.75. The van der Waals surface area contributed by atoms with E-state index in [2.05, 4.69) is 15.9 Å². The van der Waals surface area contributed by atoms with Crippen LogP contribution < -0.4 is 0 Å². The molecule has 0 saturated heterocycles. The highest BCUT2D eigenvalue weighted by Crippen LogP contribution is 2.25. The van der Waals surface area contributed by atoms with Gasteiger partial charge in [-0.25, -0.2) is 8.78 Å². The highest BCUT2D eigenvalue weighted by atomic mass is 79.9. The number of amides is 1. The lowest BCUT2D eigenvalue weighted by Crippen LogP contribution is -2.29. The van der Waals surface area contributed by atoms with Crippen molar-refractivity contribution < 1.29 is 18.0 Å². The van der Waals surface area contributed by atoms with Crippen LogP contribution in [0.2, 0.25) is 0 Å². The third-order valence-electron chi connectivity index (χ3n) is 3.18. The van der Waals surface area contributed by atoms with E-state index in [0.717, 1.165) is 12.1 Å². The second-order valence-corrected chi connectivity index (χ2v) is 5.09. The number of carbonyl (C=O) groups is 1. The van der Waals surface area contributed by atoms with E-state index in [0.29, 0.717) is 15.8 Å². The summed E-state index contributed by atoms with van der Waals surface area (Å²) >= 11 is 3.14. The summed E-state index contributed by atoms with van der Waals surface area (Å²) in [5, 5.41) is 0. The van der Waals surface area contributed by atoms with Crippen LogP contribution in [0.1, 0.15) is 28.9 Å². The summed E-state index contributed by atoms with van der Waals surface area (Å²) in [6.07, 6.45) is 1.40. The number of carbonyl (C=O) groups excluding carboxylic acids is 1. The van der Waals surface area contributed by atoms with Gasteiger partial charge in [0.2, 0.25) is 0 Å². The quantitative estimate of drug-likeness (QED) is 0.838. The van der Waals surface area contributed by atoms with E-state index in [9.17, 15) is 13.6 Å². The van der Waals surface area contributed by atoms with Gasteiger partial charge in [-0.15, -0.1) is 0 Å². The molecule has 3 nitrogen and oxygen atoms in total. The SMILES string of the molecule is CC(c1ccc(F)c(F)c1)N(C)C(=O)c1ccoc1Br. The molecule has 2 aromatic rings. The van der Waals surface area contributed by atoms with Crippen molar-refractivity contribution in [3.8, 4) is 0 Å². The monoisotopic (exact) mass is 343 g/mol. The Morgan fingerprint density at radius 3 is 2.55 bits per heavy atom. The first kappa shape index (κ1) is 14.7. The smallest absolute Gasteiger partial charge is 0.258 e. The molecule has 0 radical (unpaired) electrons. The van der Waals surface area contributed by atoms with Crippen LogP contribution in [-0.4, -0.2) is 17.9 Å². The van der Waals surface area contributed by atoms with E-state index in [1.54, 1.807) is 20.0 Å². The minimum Gasteiger partial charge on any atom is -0.457 e. The molecule has 0 spiro atoms. The van der Waals surface area contributed by atoms with Crippen LogP contribution in [0.4, 0.5) is 8.78 Å². The Morgan fingerprint density at radius 1 is 1.30 bits per heavy atom. The van der Waals surface area contributed by atoms with Crippen molar-refractivity contribution in [3.05, 3.63) is 58.0 Å². The number of furan rings is 1. The summed E-state index contributed by atoms with van der Waals surface area (Å²) in [5.41, 5.74) is 0.890. The molecule has 2 rings (SSSR count). The molecule has 0 saturated carbocycles. The van der Waals surface area contributed by atoms with Crippen LogP contribution >= 0.6 is 15.9 Å². The molecule has 1 aromatic heterocycles. The van der Waals surface area contributed by atoms with Crippen LogP contribution in [0.3, 0.4) is 0 Å². The Morgan fingerprint density at radius 2 is 2.00 bits per heavy atom. The van der Waals surface area contributed by atoms with E-state index in [1.165, 1.54) is 17.2 Å². The van der Waals surface area contributed by atoms with Crippen molar-refractivity contribution in [2.24, 2.45) is 0 Å². The fraction of sp³-hybridized carbons (Fsp3) is 0.214. The topological polar surface area (TPSA) is 33.5 Å². The standard InChI is InChI=1S/C14H12BrF2NO2/c1-8(9-3-4-11(16)12(17)7-9)18(2)14(19)10-5-6-20-13(10)15/h3-8H,1-2H3. The number of rotatable bonds is 3. The average Bonchev–Trinajstić information content (AvgIpc) is 2.85. The summed E-state index contributed by atoms with van der Waals surface area (Å²) in [6, 6.07) is 4.74. The molecule has 106 valence electrons. The third kappa shape index (κ3) is 2.75. The van der Waals surface area contributed by atoms with Gasteiger partial charge in [-0.3, -0.25) is 4.79 Å².